The van der Waals surface area contributed by atoms with Gasteiger partial charge in [-0.1, -0.05) is 18.2 Å². The summed E-state index contributed by atoms with van der Waals surface area (Å²) in [6.45, 7) is 3.14. The van der Waals surface area contributed by atoms with Gasteiger partial charge in [0, 0.05) is 19.9 Å². The van der Waals surface area contributed by atoms with Gasteiger partial charge >= 0.3 is 37.9 Å². The molecule has 15 heteroatoms. The highest BCUT2D eigenvalue weighted by atomic mass is 31.2. The van der Waals surface area contributed by atoms with E-state index in [0.717, 1.165) is 21.0 Å². The highest BCUT2D eigenvalue weighted by Gasteiger charge is 2.55. The molecule has 0 bridgehead atoms. The molecule has 1 unspecified atom stereocenters. The second-order valence-corrected chi connectivity index (χ2v) is 10.3. The molecule has 1 aromatic carbocycles. The monoisotopic (exact) mass is 581 g/mol. The van der Waals surface area contributed by atoms with Gasteiger partial charge in [0.2, 0.25) is 6.10 Å². The van der Waals surface area contributed by atoms with Crippen LogP contribution in [0.2, 0.25) is 0 Å². The molecule has 1 aromatic heterocycles. The van der Waals surface area contributed by atoms with Gasteiger partial charge in [0.15, 0.2) is 18.5 Å². The molecule has 216 valence electrons. The maximum Gasteiger partial charge on any atom is 0.459 e. The van der Waals surface area contributed by atoms with Crippen LogP contribution in [0.5, 0.6) is 5.75 Å². The number of para-hydroxylation sites is 1. The third kappa shape index (κ3) is 8.09. The lowest BCUT2D eigenvalue weighted by molar-refractivity contribution is -0.765. The van der Waals surface area contributed by atoms with Gasteiger partial charge in [-0.25, -0.2) is 9.36 Å². The molecule has 1 fully saturated rings. The van der Waals surface area contributed by atoms with Gasteiger partial charge < -0.3 is 28.6 Å². The van der Waals surface area contributed by atoms with Gasteiger partial charge in [0.1, 0.15) is 23.5 Å². The fourth-order valence-electron chi connectivity index (χ4n) is 3.86. The van der Waals surface area contributed by atoms with Crippen molar-refractivity contribution in [2.24, 2.45) is 0 Å². The van der Waals surface area contributed by atoms with Crippen LogP contribution in [0.1, 0.15) is 37.4 Å². The van der Waals surface area contributed by atoms with Gasteiger partial charge in [-0.05, 0) is 25.1 Å². The number of methoxy groups -OCH3 is 1. The van der Waals surface area contributed by atoms with Crippen molar-refractivity contribution in [2.45, 2.75) is 51.4 Å². The van der Waals surface area contributed by atoms with Crippen molar-refractivity contribution >= 4 is 31.6 Å². The Kier molecular flexibility index (Phi) is 10.3. The minimum Gasteiger partial charge on any atom is -0.477 e. The van der Waals surface area contributed by atoms with E-state index in [9.17, 15) is 28.8 Å². The number of pyridine rings is 1. The van der Waals surface area contributed by atoms with Gasteiger partial charge in [0.25, 0.3) is 0 Å². The molecule has 2 N–H and O–H groups in total. The zero-order valence-corrected chi connectivity index (χ0v) is 23.0. The number of carbonyl (C=O) groups excluding carboxylic acids is 3. The second-order valence-electron chi connectivity index (χ2n) is 8.63. The van der Waals surface area contributed by atoms with Crippen LogP contribution in [0.15, 0.2) is 54.9 Å². The summed E-state index contributed by atoms with van der Waals surface area (Å²) in [5, 5.41) is 11.9. The zero-order chi connectivity index (χ0) is 29.4. The first kappa shape index (κ1) is 30.7. The number of aromatic carboxylic acids is 1. The molecule has 1 aliphatic heterocycles. The number of carboxylic acids is 1. The van der Waals surface area contributed by atoms with Crippen molar-refractivity contribution in [2.75, 3.05) is 13.7 Å². The lowest BCUT2D eigenvalue weighted by Crippen LogP contribution is -2.48. The Balaban J connectivity index is 1.93. The maximum atomic E-state index is 13.7. The van der Waals surface area contributed by atoms with Crippen molar-refractivity contribution in [1.82, 2.24) is 5.09 Å². The fourth-order valence-corrected chi connectivity index (χ4v) is 5.36. The first-order chi connectivity index (χ1) is 18.9. The largest absolute Gasteiger partial charge is 0.477 e. The van der Waals surface area contributed by atoms with E-state index >= 15 is 0 Å². The molecular weight excluding hydrogens is 551 g/mol. The predicted octanol–water partition coefficient (Wildman–Crippen LogP) is 1.79. The Bertz CT molecular complexity index is 1270. The molecule has 2 aromatic rings. The van der Waals surface area contributed by atoms with Crippen LogP contribution in [0.4, 0.5) is 0 Å². The summed E-state index contributed by atoms with van der Waals surface area (Å²) in [6.07, 6.45) is -2.10. The standard InChI is InChI=1S/C25H29N2O12P/c1-15(25(32)34-4)26-40(33,39-19-10-6-5-7-11-19)35-14-20-21(36-16(2)28)22(37-17(3)29)23(38-20)27-12-8-9-18(13-27)24(30)31/h5-13,15,20-23H,14H2,1-4H3,(H-,26,30,31,33)/p+1/t15-,20+,21+,22+,23+,40?/m0/s1. The number of nitrogens with zero attached hydrogens (tertiary/aromatic N) is 1. The van der Waals surface area contributed by atoms with Crippen LogP contribution in [0.3, 0.4) is 0 Å². The Labute approximate surface area is 229 Å². The highest BCUT2D eigenvalue weighted by Crippen LogP contribution is 2.46. The smallest absolute Gasteiger partial charge is 0.459 e. The molecule has 0 radical (unpaired) electrons. The van der Waals surface area contributed by atoms with Gasteiger partial charge in [-0.3, -0.25) is 18.9 Å². The molecule has 6 atom stereocenters. The third-order valence-corrected chi connectivity index (χ3v) is 7.18. The van der Waals surface area contributed by atoms with E-state index in [4.69, 9.17) is 23.3 Å². The van der Waals surface area contributed by atoms with Crippen LogP contribution in [-0.2, 0) is 42.4 Å². The number of benzene rings is 1. The molecule has 0 aliphatic carbocycles. The Morgan fingerprint density at radius 2 is 1.70 bits per heavy atom. The number of carboxylic acid groups (broad SMARTS) is 1. The lowest BCUT2D eigenvalue weighted by atomic mass is 10.1. The number of aromatic nitrogens is 1. The van der Waals surface area contributed by atoms with Crippen LogP contribution < -0.4 is 14.2 Å². The molecule has 2 heterocycles. The Morgan fingerprint density at radius 3 is 2.30 bits per heavy atom. The topological polar surface area (TPSA) is 177 Å². The minimum atomic E-state index is -4.30. The van der Waals surface area contributed by atoms with E-state index in [0.29, 0.717) is 0 Å². The van der Waals surface area contributed by atoms with Crippen molar-refractivity contribution in [1.29, 1.82) is 0 Å². The molecule has 1 saturated heterocycles. The van der Waals surface area contributed by atoms with E-state index in [1.807, 2.05) is 0 Å². The van der Waals surface area contributed by atoms with Gasteiger partial charge in [-0.2, -0.15) is 9.65 Å². The average Bonchev–Trinajstić information content (AvgIpc) is 3.23. The van der Waals surface area contributed by atoms with E-state index in [-0.39, 0.29) is 11.3 Å². The van der Waals surface area contributed by atoms with Crippen molar-refractivity contribution in [3.63, 3.8) is 0 Å². The summed E-state index contributed by atoms with van der Waals surface area (Å²) >= 11 is 0. The number of esters is 3. The number of ether oxygens (including phenoxy) is 4. The van der Waals surface area contributed by atoms with Crippen LogP contribution in [0.25, 0.3) is 0 Å². The van der Waals surface area contributed by atoms with Gasteiger partial charge in [-0.15, -0.1) is 0 Å². The van der Waals surface area contributed by atoms with E-state index in [1.54, 1.807) is 18.2 Å². The van der Waals surface area contributed by atoms with Crippen molar-refractivity contribution in [3.05, 3.63) is 60.4 Å². The number of rotatable bonds is 12. The predicted molar refractivity (Wildman–Crippen MR) is 134 cm³/mol. The second kappa shape index (κ2) is 13.5. The number of hydrogen-bond acceptors (Lipinski definition) is 11. The Hall–Kier alpha value is -3.84. The quantitative estimate of drug-likeness (QED) is 0.161. The molecular formula is C25H30N2O12P+. The summed E-state index contributed by atoms with van der Waals surface area (Å²) < 4.78 is 47.8. The van der Waals surface area contributed by atoms with Crippen LogP contribution in [0, 0.1) is 0 Å². The van der Waals surface area contributed by atoms with E-state index in [1.165, 1.54) is 48.1 Å². The third-order valence-electron chi connectivity index (χ3n) is 5.54. The molecule has 0 amide bonds. The average molecular weight is 581 g/mol. The molecule has 0 spiro atoms. The first-order valence-corrected chi connectivity index (χ1v) is 13.6. The summed E-state index contributed by atoms with van der Waals surface area (Å²) in [7, 11) is -3.14. The van der Waals surface area contributed by atoms with E-state index < -0.39 is 68.8 Å². The first-order valence-electron chi connectivity index (χ1n) is 12.0. The number of hydrogen-bond donors (Lipinski definition) is 2. The van der Waals surface area contributed by atoms with Crippen LogP contribution in [-0.4, -0.2) is 67.1 Å². The lowest BCUT2D eigenvalue weighted by Gasteiger charge is -2.25. The summed E-state index contributed by atoms with van der Waals surface area (Å²) in [4.78, 5) is 47.4. The number of nitrogens with one attached hydrogen (secondary N) is 1. The zero-order valence-electron chi connectivity index (χ0n) is 22.1. The SMILES string of the molecule is COC(=O)[C@H](C)NP(=O)(OC[C@H]1O[C@@H]([n+]2cccc(C(=O)O)c2)[C@H](OC(C)=O)[C@@H]1OC(C)=O)Oc1ccccc1. The number of carbonyl (C=O) groups is 4. The summed E-state index contributed by atoms with van der Waals surface area (Å²) in [5.74, 6) is -3.24. The molecule has 40 heavy (non-hydrogen) atoms. The fraction of sp³-hybridized carbons (Fsp3) is 0.400. The normalized spacial score (nSPS) is 22.4. The molecule has 3 rings (SSSR count). The molecule has 14 nitrogen and oxygen atoms in total. The molecule has 1 aliphatic rings. The van der Waals surface area contributed by atoms with Crippen molar-refractivity contribution < 1.29 is 61.4 Å². The van der Waals surface area contributed by atoms with Gasteiger partial charge in [0.05, 0.1) is 13.7 Å². The summed E-state index contributed by atoms with van der Waals surface area (Å²) in [6, 6.07) is 9.72. The minimum absolute atomic E-state index is 0.0850. The van der Waals surface area contributed by atoms with Crippen LogP contribution >= 0.6 is 7.75 Å². The Morgan fingerprint density at radius 1 is 1.05 bits per heavy atom. The molecule has 0 saturated carbocycles. The summed E-state index contributed by atoms with van der Waals surface area (Å²) in [5.41, 5.74) is -0.0850. The van der Waals surface area contributed by atoms with E-state index in [2.05, 4.69) is 9.82 Å². The highest BCUT2D eigenvalue weighted by molar-refractivity contribution is 7.52. The maximum absolute atomic E-state index is 13.7. The van der Waals surface area contributed by atoms with Crippen molar-refractivity contribution in [3.8, 4) is 5.75 Å².